The van der Waals surface area contributed by atoms with E-state index in [9.17, 15) is 4.79 Å². The molecule has 88 valence electrons. The summed E-state index contributed by atoms with van der Waals surface area (Å²) in [6, 6.07) is 0. The summed E-state index contributed by atoms with van der Waals surface area (Å²) in [6.45, 7) is 6.68. The van der Waals surface area contributed by atoms with Crippen molar-refractivity contribution in [3.63, 3.8) is 0 Å². The van der Waals surface area contributed by atoms with Gasteiger partial charge in [-0.25, -0.2) is 4.79 Å². The molecule has 6 nitrogen and oxygen atoms in total. The smallest absolute Gasteiger partial charge is 0.410 e. The van der Waals surface area contributed by atoms with Gasteiger partial charge in [0.25, 0.3) is 0 Å². The third-order valence-electron chi connectivity index (χ3n) is 2.31. The largest absolute Gasteiger partial charge is 0.444 e. The molecule has 0 atom stereocenters. The van der Waals surface area contributed by atoms with E-state index in [2.05, 4.69) is 15.4 Å². The number of carbonyl (C=O) groups excluding carboxylic acids is 1. The molecule has 0 bridgehead atoms. The van der Waals surface area contributed by atoms with Crippen LogP contribution in [0.1, 0.15) is 32.2 Å². The summed E-state index contributed by atoms with van der Waals surface area (Å²) in [6.07, 6.45) is 0.437. The van der Waals surface area contributed by atoms with Crippen molar-refractivity contribution in [2.75, 3.05) is 6.54 Å². The third-order valence-corrected chi connectivity index (χ3v) is 2.31. The summed E-state index contributed by atoms with van der Waals surface area (Å²) >= 11 is 0. The number of rotatable bonds is 0. The molecule has 0 aromatic carbocycles. The van der Waals surface area contributed by atoms with E-state index < -0.39 is 5.60 Å². The van der Waals surface area contributed by atoms with Crippen LogP contribution in [0.3, 0.4) is 0 Å². The number of aromatic amines is 1. The molecule has 1 aromatic rings. The van der Waals surface area contributed by atoms with E-state index in [0.717, 1.165) is 17.8 Å². The Morgan fingerprint density at radius 1 is 1.38 bits per heavy atom. The highest BCUT2D eigenvalue weighted by Gasteiger charge is 2.27. The van der Waals surface area contributed by atoms with Crippen LogP contribution >= 0.6 is 0 Å². The summed E-state index contributed by atoms with van der Waals surface area (Å²) < 4.78 is 5.30. The highest BCUT2D eigenvalue weighted by atomic mass is 16.6. The molecule has 0 fully saturated rings. The molecule has 0 saturated heterocycles. The zero-order valence-electron chi connectivity index (χ0n) is 9.78. The third kappa shape index (κ3) is 2.32. The van der Waals surface area contributed by atoms with Crippen LogP contribution in [0.15, 0.2) is 0 Å². The lowest BCUT2D eigenvalue weighted by molar-refractivity contribution is 0.0221. The molecule has 2 rings (SSSR count). The molecule has 0 unspecified atom stereocenters. The number of aromatic nitrogens is 3. The molecule has 0 radical (unpaired) electrons. The van der Waals surface area contributed by atoms with Crippen molar-refractivity contribution in [1.82, 2.24) is 20.3 Å². The highest BCUT2D eigenvalue weighted by Crippen LogP contribution is 2.17. The Balaban J connectivity index is 2.01. The van der Waals surface area contributed by atoms with E-state index >= 15 is 0 Å². The molecule has 6 heteroatoms. The van der Waals surface area contributed by atoms with Crippen molar-refractivity contribution in [2.24, 2.45) is 0 Å². The first-order valence-electron chi connectivity index (χ1n) is 5.32. The second-order valence-corrected chi connectivity index (χ2v) is 4.87. The Kier molecular flexibility index (Phi) is 2.57. The Morgan fingerprint density at radius 2 is 2.06 bits per heavy atom. The van der Waals surface area contributed by atoms with Crippen LogP contribution in [0.2, 0.25) is 0 Å². The highest BCUT2D eigenvalue weighted by molar-refractivity contribution is 5.68. The van der Waals surface area contributed by atoms with E-state index in [4.69, 9.17) is 4.74 Å². The maximum Gasteiger partial charge on any atom is 0.410 e. The summed E-state index contributed by atoms with van der Waals surface area (Å²) in [5.74, 6) is 0. The first-order valence-corrected chi connectivity index (χ1v) is 5.32. The normalized spacial score (nSPS) is 15.8. The lowest BCUT2D eigenvalue weighted by Gasteiger charge is -2.28. The molecule has 1 N–H and O–H groups in total. The zero-order valence-corrected chi connectivity index (χ0v) is 9.78. The van der Waals surface area contributed by atoms with Gasteiger partial charge >= 0.3 is 6.09 Å². The number of nitrogens with zero attached hydrogens (tertiary/aromatic N) is 3. The van der Waals surface area contributed by atoms with Crippen molar-refractivity contribution in [1.29, 1.82) is 0 Å². The lowest BCUT2D eigenvalue weighted by atomic mass is 10.1. The van der Waals surface area contributed by atoms with E-state index in [-0.39, 0.29) is 6.09 Å². The molecule has 0 saturated carbocycles. The first-order chi connectivity index (χ1) is 7.46. The van der Waals surface area contributed by atoms with Crippen molar-refractivity contribution >= 4 is 6.09 Å². The standard InChI is InChI=1S/C10H16N4O2/c1-10(2,3)16-9(15)14-5-4-7-8(6-14)12-13-11-7/h4-6H2,1-3H3,(H,11,12,13). The maximum atomic E-state index is 11.8. The van der Waals surface area contributed by atoms with Gasteiger partial charge in [-0.2, -0.15) is 15.4 Å². The number of hydrogen-bond donors (Lipinski definition) is 1. The van der Waals surface area contributed by atoms with Gasteiger partial charge in [0, 0.05) is 13.0 Å². The van der Waals surface area contributed by atoms with Crippen LogP contribution in [0.4, 0.5) is 4.79 Å². The number of nitrogens with one attached hydrogen (secondary N) is 1. The van der Waals surface area contributed by atoms with Gasteiger partial charge in [-0.3, -0.25) is 0 Å². The SMILES string of the molecule is CC(C)(C)OC(=O)N1CCc2n[nH]nc2C1. The van der Waals surface area contributed by atoms with Crippen LogP contribution < -0.4 is 0 Å². The minimum atomic E-state index is -0.457. The van der Waals surface area contributed by atoms with E-state index in [1.54, 1.807) is 4.90 Å². The Hall–Kier alpha value is -1.59. The van der Waals surface area contributed by atoms with Crippen LogP contribution in [-0.4, -0.2) is 38.5 Å². The van der Waals surface area contributed by atoms with E-state index in [0.29, 0.717) is 13.1 Å². The van der Waals surface area contributed by atoms with Gasteiger partial charge in [0.05, 0.1) is 12.2 Å². The van der Waals surface area contributed by atoms with E-state index in [1.165, 1.54) is 0 Å². The minimum absolute atomic E-state index is 0.291. The molecule has 0 spiro atoms. The average Bonchev–Trinajstić information content (AvgIpc) is 2.61. The lowest BCUT2D eigenvalue weighted by Crippen LogP contribution is -2.39. The summed E-state index contributed by atoms with van der Waals surface area (Å²) in [4.78, 5) is 13.4. The van der Waals surface area contributed by atoms with Crippen LogP contribution in [0.25, 0.3) is 0 Å². The number of carbonyl (C=O) groups is 1. The minimum Gasteiger partial charge on any atom is -0.444 e. The summed E-state index contributed by atoms with van der Waals surface area (Å²) in [5, 5.41) is 10.6. The van der Waals surface area contributed by atoms with Gasteiger partial charge in [-0.1, -0.05) is 0 Å². The predicted octanol–water partition coefficient (Wildman–Crippen LogP) is 1.10. The molecule has 16 heavy (non-hydrogen) atoms. The predicted molar refractivity (Wildman–Crippen MR) is 56.7 cm³/mol. The van der Waals surface area contributed by atoms with Crippen molar-refractivity contribution in [3.05, 3.63) is 11.4 Å². The van der Waals surface area contributed by atoms with Gasteiger partial charge in [-0.15, -0.1) is 0 Å². The summed E-state index contributed by atoms with van der Waals surface area (Å²) in [5.41, 5.74) is 1.32. The Bertz CT molecular complexity index is 394. The molecular weight excluding hydrogens is 208 g/mol. The van der Waals surface area contributed by atoms with Crippen molar-refractivity contribution in [3.8, 4) is 0 Å². The number of fused-ring (bicyclic) bond motifs is 1. The van der Waals surface area contributed by atoms with Crippen LogP contribution in [0, 0.1) is 0 Å². The van der Waals surface area contributed by atoms with Crippen molar-refractivity contribution in [2.45, 2.75) is 39.3 Å². The molecule has 2 heterocycles. The second kappa shape index (κ2) is 3.77. The van der Waals surface area contributed by atoms with Gasteiger partial charge in [0.2, 0.25) is 0 Å². The number of amides is 1. The quantitative estimate of drug-likeness (QED) is 0.716. The van der Waals surface area contributed by atoms with Gasteiger partial charge in [0.15, 0.2) is 0 Å². The van der Waals surface area contributed by atoms with Gasteiger partial charge < -0.3 is 9.64 Å². The van der Waals surface area contributed by atoms with Gasteiger partial charge in [-0.05, 0) is 20.8 Å². The fourth-order valence-electron chi connectivity index (χ4n) is 1.58. The van der Waals surface area contributed by atoms with Crippen LogP contribution in [-0.2, 0) is 17.7 Å². The Labute approximate surface area is 94.0 Å². The second-order valence-electron chi connectivity index (χ2n) is 4.87. The maximum absolute atomic E-state index is 11.8. The van der Waals surface area contributed by atoms with Crippen LogP contribution in [0.5, 0.6) is 0 Å². The molecule has 1 aliphatic heterocycles. The van der Waals surface area contributed by atoms with E-state index in [1.807, 2.05) is 20.8 Å². The monoisotopic (exact) mass is 224 g/mol. The fraction of sp³-hybridized carbons (Fsp3) is 0.700. The average molecular weight is 224 g/mol. The number of H-pyrrole nitrogens is 1. The molecular formula is C10H16N4O2. The number of ether oxygens (including phenoxy) is 1. The number of hydrogen-bond acceptors (Lipinski definition) is 4. The zero-order chi connectivity index (χ0) is 11.8. The van der Waals surface area contributed by atoms with Gasteiger partial charge in [0.1, 0.15) is 11.3 Å². The topological polar surface area (TPSA) is 71.1 Å². The molecule has 0 aliphatic carbocycles. The molecule has 1 aromatic heterocycles. The van der Waals surface area contributed by atoms with Crippen molar-refractivity contribution < 1.29 is 9.53 Å². The summed E-state index contributed by atoms with van der Waals surface area (Å²) in [7, 11) is 0. The molecule has 1 aliphatic rings. The fourth-order valence-corrected chi connectivity index (χ4v) is 1.58. The molecule has 1 amide bonds. The Morgan fingerprint density at radius 3 is 2.75 bits per heavy atom. The first kappa shape index (κ1) is 10.9.